The minimum absolute atomic E-state index is 0.0405. The fourth-order valence-corrected chi connectivity index (χ4v) is 6.34. The van der Waals surface area contributed by atoms with Crippen LogP contribution in [0.15, 0.2) is 78.9 Å². The summed E-state index contributed by atoms with van der Waals surface area (Å²) in [6.45, 7) is 1.68. The number of aliphatic hydroxyl groups is 2. The Morgan fingerprint density at radius 2 is 1.65 bits per heavy atom. The molecule has 0 aromatic heterocycles. The number of nitrogens with zero attached hydrogens (tertiary/aromatic N) is 2. The molecule has 3 N–H and O–H groups in total. The maximum absolute atomic E-state index is 13.2. The van der Waals surface area contributed by atoms with Crippen LogP contribution in [-0.4, -0.2) is 70.9 Å². The van der Waals surface area contributed by atoms with Crippen molar-refractivity contribution in [2.75, 3.05) is 24.6 Å². The largest absolute Gasteiger partial charge is 0.445 e. The molecule has 11 heteroatoms. The minimum Gasteiger partial charge on any atom is -0.445 e. The molecule has 3 aliphatic heterocycles. The number of nitrogens with one attached hydrogen (secondary N) is 1. The predicted molar refractivity (Wildman–Crippen MR) is 167 cm³/mol. The van der Waals surface area contributed by atoms with E-state index in [0.29, 0.717) is 18.7 Å². The van der Waals surface area contributed by atoms with Gasteiger partial charge in [0.2, 0.25) is 5.91 Å². The molecule has 5 atom stereocenters. The van der Waals surface area contributed by atoms with Gasteiger partial charge in [0.15, 0.2) is 6.29 Å². The van der Waals surface area contributed by atoms with Crippen LogP contribution in [0, 0.1) is 0 Å². The maximum Gasteiger partial charge on any atom is 0.408 e. The number of hydrogen-bond acceptors (Lipinski definition) is 9. The molecule has 3 amide bonds. The Morgan fingerprint density at radius 1 is 0.913 bits per heavy atom. The summed E-state index contributed by atoms with van der Waals surface area (Å²) in [7, 11) is 0. The first kappa shape index (κ1) is 31.8. The zero-order valence-electron chi connectivity index (χ0n) is 25.5. The van der Waals surface area contributed by atoms with Gasteiger partial charge in [-0.15, -0.1) is 0 Å². The average Bonchev–Trinajstić information content (AvgIpc) is 3.66. The molecule has 3 fully saturated rings. The quantitative estimate of drug-likeness (QED) is 0.287. The number of imide groups is 1. The van der Waals surface area contributed by atoms with Crippen molar-refractivity contribution < 1.29 is 38.8 Å². The first-order valence-corrected chi connectivity index (χ1v) is 15.7. The number of alkyl carbamates (subject to hydrolysis) is 1. The Bertz CT molecular complexity index is 1500. The smallest absolute Gasteiger partial charge is 0.408 e. The fourth-order valence-electron chi connectivity index (χ4n) is 6.34. The molecule has 5 unspecified atom stereocenters. The summed E-state index contributed by atoms with van der Waals surface area (Å²) in [4.78, 5) is 41.7. The van der Waals surface area contributed by atoms with Gasteiger partial charge in [-0.05, 0) is 48.2 Å². The van der Waals surface area contributed by atoms with Crippen molar-refractivity contribution in [2.24, 2.45) is 0 Å². The highest BCUT2D eigenvalue weighted by Crippen LogP contribution is 2.39. The SMILES string of the molecule is O=C(NC1CC(=O)N(c2ccc(C3OC(CN4CCCC4CO)CC(c4ccc(CO)cc4)O3)cc2)C1=O)OCc1ccccc1. The molecule has 3 aromatic carbocycles. The number of rotatable bonds is 10. The molecule has 3 saturated heterocycles. The van der Waals surface area contributed by atoms with E-state index in [1.54, 1.807) is 24.3 Å². The minimum atomic E-state index is -1.02. The summed E-state index contributed by atoms with van der Waals surface area (Å²) >= 11 is 0. The van der Waals surface area contributed by atoms with Crippen LogP contribution < -0.4 is 10.2 Å². The van der Waals surface area contributed by atoms with Crippen LogP contribution >= 0.6 is 0 Å². The number of carbonyl (C=O) groups is 3. The molecule has 242 valence electrons. The third-order valence-corrected chi connectivity index (χ3v) is 8.84. The second-order valence-corrected chi connectivity index (χ2v) is 11.9. The summed E-state index contributed by atoms with van der Waals surface area (Å²) in [5.41, 5.74) is 3.70. The lowest BCUT2D eigenvalue weighted by atomic mass is 9.99. The van der Waals surface area contributed by atoms with Crippen LogP contribution in [0.4, 0.5) is 10.5 Å². The van der Waals surface area contributed by atoms with E-state index < -0.39 is 30.2 Å². The van der Waals surface area contributed by atoms with E-state index in [9.17, 15) is 24.6 Å². The first-order valence-electron chi connectivity index (χ1n) is 15.7. The number of ether oxygens (including phenoxy) is 3. The highest BCUT2D eigenvalue weighted by atomic mass is 16.7. The number of amides is 3. The third kappa shape index (κ3) is 7.30. The van der Waals surface area contributed by atoms with Gasteiger partial charge in [-0.2, -0.15) is 0 Å². The van der Waals surface area contributed by atoms with Crippen LogP contribution in [0.25, 0.3) is 0 Å². The fraction of sp³-hybridized carbons (Fsp3) is 0.400. The van der Waals surface area contributed by atoms with Crippen molar-refractivity contribution >= 4 is 23.6 Å². The predicted octanol–water partition coefficient (Wildman–Crippen LogP) is 3.74. The lowest BCUT2D eigenvalue weighted by molar-refractivity contribution is -0.253. The van der Waals surface area contributed by atoms with Gasteiger partial charge in [0.1, 0.15) is 12.6 Å². The van der Waals surface area contributed by atoms with Crippen molar-refractivity contribution in [3.05, 3.63) is 101 Å². The van der Waals surface area contributed by atoms with Crippen LogP contribution in [-0.2, 0) is 37.0 Å². The van der Waals surface area contributed by atoms with E-state index in [-0.39, 0.29) is 44.5 Å². The van der Waals surface area contributed by atoms with Crippen molar-refractivity contribution in [1.29, 1.82) is 0 Å². The first-order chi connectivity index (χ1) is 22.4. The van der Waals surface area contributed by atoms with Gasteiger partial charge in [-0.3, -0.25) is 14.5 Å². The van der Waals surface area contributed by atoms with Crippen molar-refractivity contribution in [3.8, 4) is 0 Å². The highest BCUT2D eigenvalue weighted by Gasteiger charge is 2.41. The molecule has 0 radical (unpaired) electrons. The lowest BCUT2D eigenvalue weighted by Crippen LogP contribution is -2.42. The second-order valence-electron chi connectivity index (χ2n) is 11.9. The molecule has 0 bridgehead atoms. The Morgan fingerprint density at radius 3 is 2.37 bits per heavy atom. The maximum atomic E-state index is 13.2. The molecule has 0 aliphatic carbocycles. The standard InChI is InChI=1S/C35H39N3O8/c39-20-23-8-10-25(11-9-23)31-17-29(19-37-16-4-7-28(37)21-40)45-34(46-31)26-12-14-27(15-13-26)38-32(41)18-30(33(38)42)36-35(43)44-22-24-5-2-1-3-6-24/h1-3,5-6,8-15,28-31,34,39-40H,4,7,16-22H2,(H,36,43). The zero-order chi connectivity index (χ0) is 32.0. The van der Waals surface area contributed by atoms with Gasteiger partial charge in [0.05, 0.1) is 37.5 Å². The summed E-state index contributed by atoms with van der Waals surface area (Å²) < 4.78 is 18.1. The molecule has 0 spiro atoms. The summed E-state index contributed by atoms with van der Waals surface area (Å²) in [5.74, 6) is -0.957. The molecule has 0 saturated carbocycles. The number of anilines is 1. The van der Waals surface area contributed by atoms with Gasteiger partial charge in [-0.25, -0.2) is 9.69 Å². The molecular formula is C35H39N3O8. The van der Waals surface area contributed by atoms with E-state index >= 15 is 0 Å². The van der Waals surface area contributed by atoms with Gasteiger partial charge < -0.3 is 29.7 Å². The number of benzene rings is 3. The van der Waals surface area contributed by atoms with Crippen molar-refractivity contribution in [1.82, 2.24) is 10.2 Å². The molecular weight excluding hydrogens is 590 g/mol. The van der Waals surface area contributed by atoms with Gasteiger partial charge in [-0.1, -0.05) is 66.7 Å². The molecule has 3 aliphatic rings. The number of hydrogen-bond donors (Lipinski definition) is 3. The number of aliphatic hydroxyl groups excluding tert-OH is 2. The topological polar surface area (TPSA) is 138 Å². The average molecular weight is 630 g/mol. The molecule has 3 aromatic rings. The monoisotopic (exact) mass is 629 g/mol. The van der Waals surface area contributed by atoms with Crippen LogP contribution in [0.1, 0.15) is 60.3 Å². The molecule has 3 heterocycles. The Hall–Kier alpha value is -4.13. The van der Waals surface area contributed by atoms with Gasteiger partial charge >= 0.3 is 6.09 Å². The highest BCUT2D eigenvalue weighted by molar-refractivity contribution is 6.22. The Balaban J connectivity index is 1.13. The van der Waals surface area contributed by atoms with E-state index in [0.717, 1.165) is 46.5 Å². The molecule has 11 nitrogen and oxygen atoms in total. The number of likely N-dealkylation sites (tertiary alicyclic amines) is 1. The summed E-state index contributed by atoms with van der Waals surface area (Å²) in [6, 6.07) is 22.8. The van der Waals surface area contributed by atoms with Crippen molar-refractivity contribution in [2.45, 2.75) is 69.5 Å². The second kappa shape index (κ2) is 14.5. The van der Waals surface area contributed by atoms with Gasteiger partial charge in [0, 0.05) is 24.6 Å². The molecule has 46 heavy (non-hydrogen) atoms. The van der Waals surface area contributed by atoms with Crippen LogP contribution in [0.5, 0.6) is 0 Å². The third-order valence-electron chi connectivity index (χ3n) is 8.84. The Labute approximate surface area is 267 Å². The van der Waals surface area contributed by atoms with E-state index in [1.165, 1.54) is 0 Å². The molecule has 6 rings (SSSR count). The van der Waals surface area contributed by atoms with Crippen LogP contribution in [0.3, 0.4) is 0 Å². The Kier molecular flexibility index (Phi) is 10.1. The van der Waals surface area contributed by atoms with Gasteiger partial charge in [0.25, 0.3) is 5.91 Å². The van der Waals surface area contributed by atoms with Crippen LogP contribution in [0.2, 0.25) is 0 Å². The lowest BCUT2D eigenvalue weighted by Gasteiger charge is -2.38. The summed E-state index contributed by atoms with van der Waals surface area (Å²) in [6.07, 6.45) is 0.545. The zero-order valence-corrected chi connectivity index (χ0v) is 25.5. The number of carbonyl (C=O) groups excluding carboxylic acids is 3. The normalized spacial score (nSPS) is 25.2. The van der Waals surface area contributed by atoms with E-state index in [1.807, 2.05) is 54.6 Å². The van der Waals surface area contributed by atoms with Crippen molar-refractivity contribution in [3.63, 3.8) is 0 Å². The summed E-state index contributed by atoms with van der Waals surface area (Å²) in [5, 5.41) is 21.8. The van der Waals surface area contributed by atoms with E-state index in [4.69, 9.17) is 14.2 Å². The van der Waals surface area contributed by atoms with E-state index in [2.05, 4.69) is 10.2 Å².